The molecule has 1 amide bonds. The van der Waals surface area contributed by atoms with Gasteiger partial charge in [-0.15, -0.1) is 0 Å². The van der Waals surface area contributed by atoms with E-state index >= 15 is 0 Å². The van der Waals surface area contributed by atoms with Crippen LogP contribution in [0, 0.1) is 0 Å². The summed E-state index contributed by atoms with van der Waals surface area (Å²) in [5.41, 5.74) is 1.82. The van der Waals surface area contributed by atoms with Crippen LogP contribution in [0.5, 0.6) is 5.88 Å². The Morgan fingerprint density at radius 2 is 2.00 bits per heavy atom. The van der Waals surface area contributed by atoms with E-state index in [4.69, 9.17) is 4.74 Å². The highest BCUT2D eigenvalue weighted by Gasteiger charge is 2.28. The molecule has 3 rings (SSSR count). The summed E-state index contributed by atoms with van der Waals surface area (Å²) in [6, 6.07) is 13.4. The molecule has 2 heterocycles. The van der Waals surface area contributed by atoms with Crippen molar-refractivity contribution in [2.75, 3.05) is 13.7 Å². The lowest BCUT2D eigenvalue weighted by atomic mass is 9.95. The monoisotopic (exact) mass is 296 g/mol. The molecule has 0 bridgehead atoms. The van der Waals surface area contributed by atoms with E-state index in [0.29, 0.717) is 5.88 Å². The number of hydrogen-bond acceptors (Lipinski definition) is 3. The number of carbonyl (C=O) groups excluding carboxylic acids is 1. The first-order valence-corrected chi connectivity index (χ1v) is 7.65. The fraction of sp³-hybridized carbons (Fsp3) is 0.333. The molecule has 1 saturated heterocycles. The van der Waals surface area contributed by atoms with Crippen LogP contribution in [-0.4, -0.2) is 29.4 Å². The van der Waals surface area contributed by atoms with Crippen LogP contribution in [0.1, 0.15) is 41.2 Å². The third kappa shape index (κ3) is 2.96. The summed E-state index contributed by atoms with van der Waals surface area (Å²) in [5, 5.41) is 0. The highest BCUT2D eigenvalue weighted by Crippen LogP contribution is 2.32. The van der Waals surface area contributed by atoms with Gasteiger partial charge in [0.25, 0.3) is 5.91 Å². The second kappa shape index (κ2) is 6.60. The Balaban J connectivity index is 1.86. The van der Waals surface area contributed by atoms with Crippen molar-refractivity contribution in [3.63, 3.8) is 0 Å². The smallest absolute Gasteiger partial charge is 0.254 e. The maximum Gasteiger partial charge on any atom is 0.254 e. The lowest BCUT2D eigenvalue weighted by molar-refractivity contribution is 0.0611. The molecule has 4 nitrogen and oxygen atoms in total. The minimum absolute atomic E-state index is 0.0971. The number of benzene rings is 1. The van der Waals surface area contributed by atoms with Crippen molar-refractivity contribution >= 4 is 5.91 Å². The number of amides is 1. The second-order valence-electron chi connectivity index (χ2n) is 5.51. The highest BCUT2D eigenvalue weighted by atomic mass is 16.5. The Kier molecular flexibility index (Phi) is 4.37. The van der Waals surface area contributed by atoms with Crippen LogP contribution in [0.15, 0.2) is 48.7 Å². The number of methoxy groups -OCH3 is 1. The Bertz CT molecular complexity index is 625. The van der Waals surface area contributed by atoms with Crippen LogP contribution < -0.4 is 4.74 Å². The first-order chi connectivity index (χ1) is 10.8. The molecule has 0 aliphatic carbocycles. The topological polar surface area (TPSA) is 42.4 Å². The van der Waals surface area contributed by atoms with Gasteiger partial charge in [-0.25, -0.2) is 4.98 Å². The fourth-order valence-corrected chi connectivity index (χ4v) is 2.98. The normalized spacial score (nSPS) is 18.0. The van der Waals surface area contributed by atoms with Crippen LogP contribution in [0.3, 0.4) is 0 Å². The van der Waals surface area contributed by atoms with E-state index in [2.05, 4.69) is 4.98 Å². The van der Waals surface area contributed by atoms with Crippen LogP contribution in [-0.2, 0) is 0 Å². The van der Waals surface area contributed by atoms with Crippen LogP contribution in [0.25, 0.3) is 0 Å². The van der Waals surface area contributed by atoms with Crippen molar-refractivity contribution in [1.29, 1.82) is 0 Å². The summed E-state index contributed by atoms with van der Waals surface area (Å²) in [5.74, 6) is 0.696. The molecule has 1 aromatic carbocycles. The number of rotatable bonds is 3. The van der Waals surface area contributed by atoms with Crippen LogP contribution >= 0.6 is 0 Å². The predicted octanol–water partition coefficient (Wildman–Crippen LogP) is 3.46. The van der Waals surface area contributed by atoms with E-state index < -0.39 is 0 Å². The van der Waals surface area contributed by atoms with E-state index in [9.17, 15) is 4.79 Å². The van der Waals surface area contributed by atoms with Crippen molar-refractivity contribution in [1.82, 2.24) is 9.88 Å². The summed E-state index contributed by atoms with van der Waals surface area (Å²) in [6.45, 7) is 0.796. The Labute approximate surface area is 130 Å². The van der Waals surface area contributed by atoms with Gasteiger partial charge in [-0.05, 0) is 37.0 Å². The average molecular weight is 296 g/mol. The number of likely N-dealkylation sites (tertiary alicyclic amines) is 1. The number of carbonyl (C=O) groups is 1. The molecule has 2 aromatic rings. The molecule has 0 N–H and O–H groups in total. The maximum atomic E-state index is 12.8. The van der Waals surface area contributed by atoms with Crippen molar-refractivity contribution in [2.45, 2.75) is 25.3 Å². The zero-order valence-electron chi connectivity index (χ0n) is 12.7. The summed E-state index contributed by atoms with van der Waals surface area (Å²) < 4.78 is 5.11. The SMILES string of the molecule is COc1ccc(C2CCCCN2C(=O)c2ccccc2)cn1. The first-order valence-electron chi connectivity index (χ1n) is 7.65. The van der Waals surface area contributed by atoms with Gasteiger partial charge in [0.2, 0.25) is 5.88 Å². The molecule has 1 fully saturated rings. The van der Waals surface area contributed by atoms with Crippen molar-refractivity contribution in [3.05, 3.63) is 59.8 Å². The summed E-state index contributed by atoms with van der Waals surface area (Å²) >= 11 is 0. The van der Waals surface area contributed by atoms with Gasteiger partial charge in [0.1, 0.15) is 0 Å². The number of pyridine rings is 1. The molecule has 0 radical (unpaired) electrons. The van der Waals surface area contributed by atoms with Crippen LogP contribution in [0.4, 0.5) is 0 Å². The molecule has 0 spiro atoms. The maximum absolute atomic E-state index is 12.8. The van der Waals surface area contributed by atoms with E-state index in [-0.39, 0.29) is 11.9 Å². The standard InChI is InChI=1S/C18H20N2O2/c1-22-17-11-10-15(13-19-17)16-9-5-6-12-20(16)18(21)14-7-3-2-4-8-14/h2-4,7-8,10-11,13,16H,5-6,9,12H2,1H3. The summed E-state index contributed by atoms with van der Waals surface area (Å²) in [6.07, 6.45) is 4.99. The van der Waals surface area contributed by atoms with Gasteiger partial charge in [0.05, 0.1) is 13.2 Å². The third-order valence-electron chi connectivity index (χ3n) is 4.14. The van der Waals surface area contributed by atoms with E-state index in [1.807, 2.05) is 53.6 Å². The van der Waals surface area contributed by atoms with Crippen LogP contribution in [0.2, 0.25) is 0 Å². The van der Waals surface area contributed by atoms with Gasteiger partial charge >= 0.3 is 0 Å². The van der Waals surface area contributed by atoms with Gasteiger partial charge in [-0.2, -0.15) is 0 Å². The molecule has 1 aromatic heterocycles. The molecule has 1 aliphatic rings. The van der Waals surface area contributed by atoms with E-state index in [1.54, 1.807) is 7.11 Å². The fourth-order valence-electron chi connectivity index (χ4n) is 2.98. The van der Waals surface area contributed by atoms with Crippen molar-refractivity contribution in [3.8, 4) is 5.88 Å². The van der Waals surface area contributed by atoms with Gasteiger partial charge < -0.3 is 9.64 Å². The average Bonchev–Trinajstić information content (AvgIpc) is 2.62. The largest absolute Gasteiger partial charge is 0.481 e. The number of piperidine rings is 1. The summed E-state index contributed by atoms with van der Waals surface area (Å²) in [7, 11) is 1.61. The Hall–Kier alpha value is -2.36. The Morgan fingerprint density at radius 3 is 2.68 bits per heavy atom. The zero-order valence-corrected chi connectivity index (χ0v) is 12.7. The minimum atomic E-state index is 0.0971. The Morgan fingerprint density at radius 1 is 1.18 bits per heavy atom. The lowest BCUT2D eigenvalue weighted by Gasteiger charge is -2.36. The van der Waals surface area contributed by atoms with E-state index in [1.165, 1.54) is 0 Å². The summed E-state index contributed by atoms with van der Waals surface area (Å²) in [4.78, 5) is 19.0. The van der Waals surface area contributed by atoms with Gasteiger partial charge in [-0.1, -0.05) is 24.3 Å². The number of ether oxygens (including phenoxy) is 1. The molecule has 1 atom stereocenters. The van der Waals surface area contributed by atoms with Crippen molar-refractivity contribution < 1.29 is 9.53 Å². The third-order valence-corrected chi connectivity index (χ3v) is 4.14. The molecule has 0 saturated carbocycles. The highest BCUT2D eigenvalue weighted by molar-refractivity contribution is 5.94. The molecule has 1 unspecified atom stereocenters. The number of nitrogens with zero attached hydrogens (tertiary/aromatic N) is 2. The zero-order chi connectivity index (χ0) is 15.4. The molecule has 1 aliphatic heterocycles. The van der Waals surface area contributed by atoms with E-state index in [0.717, 1.165) is 36.9 Å². The van der Waals surface area contributed by atoms with Gasteiger partial charge in [-0.3, -0.25) is 4.79 Å². The van der Waals surface area contributed by atoms with Gasteiger partial charge in [0.15, 0.2) is 0 Å². The minimum Gasteiger partial charge on any atom is -0.481 e. The number of hydrogen-bond donors (Lipinski definition) is 0. The molecule has 4 heteroatoms. The molecule has 114 valence electrons. The van der Waals surface area contributed by atoms with Gasteiger partial charge in [0, 0.05) is 24.4 Å². The first kappa shape index (κ1) is 14.6. The predicted molar refractivity (Wildman–Crippen MR) is 84.9 cm³/mol. The quantitative estimate of drug-likeness (QED) is 0.871. The number of aromatic nitrogens is 1. The molecular formula is C18H20N2O2. The molecule has 22 heavy (non-hydrogen) atoms. The van der Waals surface area contributed by atoms with Crippen molar-refractivity contribution in [2.24, 2.45) is 0 Å². The second-order valence-corrected chi connectivity index (χ2v) is 5.51. The molecular weight excluding hydrogens is 276 g/mol. The lowest BCUT2D eigenvalue weighted by Crippen LogP contribution is -2.38.